The fraction of sp³-hybridized carbons (Fsp3) is 0.545. The molecule has 24 heavy (non-hydrogen) atoms. The fourth-order valence-corrected chi connectivity index (χ4v) is 8.44. The lowest BCUT2D eigenvalue weighted by atomic mass is 9.99. The van der Waals surface area contributed by atoms with Gasteiger partial charge in [0.25, 0.3) is 0 Å². The molecule has 0 spiro atoms. The molecule has 0 amide bonds. The average molecular weight is 341 g/mol. The lowest BCUT2D eigenvalue weighted by Gasteiger charge is -2.39. The molecule has 0 aliphatic heterocycles. The summed E-state index contributed by atoms with van der Waals surface area (Å²) in [6, 6.07) is 4.63. The van der Waals surface area contributed by atoms with Crippen molar-refractivity contribution in [2.75, 3.05) is 0 Å². The highest BCUT2D eigenvalue weighted by Gasteiger charge is 2.33. The third-order valence-corrected chi connectivity index (χ3v) is 9.20. The zero-order valence-corrected chi connectivity index (χ0v) is 15.9. The first-order chi connectivity index (χ1) is 11.8. The van der Waals surface area contributed by atoms with Crippen molar-refractivity contribution >= 4 is 19.1 Å². The van der Waals surface area contributed by atoms with Gasteiger partial charge in [-0.25, -0.2) is 0 Å². The van der Waals surface area contributed by atoms with Crippen molar-refractivity contribution < 1.29 is 0 Å². The van der Waals surface area contributed by atoms with Crippen LogP contribution in [0.5, 0.6) is 0 Å². The number of aromatic nitrogens is 1. The largest absolute Gasteiger partial charge is 0.317 e. The quantitative estimate of drug-likeness (QED) is 0.412. The second kappa shape index (κ2) is 8.86. The maximum Gasteiger partial charge on any atom is 0.0464 e. The number of allylic oxidation sites excluding steroid dienone is 4. The summed E-state index contributed by atoms with van der Waals surface area (Å²) < 4.78 is 2.41. The fourth-order valence-electron chi connectivity index (χ4n) is 4.56. The highest BCUT2D eigenvalue weighted by atomic mass is 31.1. The van der Waals surface area contributed by atoms with Gasteiger partial charge >= 0.3 is 0 Å². The topological polar surface area (TPSA) is 4.93 Å². The summed E-state index contributed by atoms with van der Waals surface area (Å²) in [5.74, 6) is 0. The van der Waals surface area contributed by atoms with Crippen molar-refractivity contribution in [3.05, 3.63) is 49.7 Å². The summed E-state index contributed by atoms with van der Waals surface area (Å²) in [5.41, 5.74) is 4.61. The van der Waals surface area contributed by atoms with Gasteiger partial charge in [0, 0.05) is 17.3 Å². The van der Waals surface area contributed by atoms with E-state index in [2.05, 4.69) is 42.1 Å². The minimum absolute atomic E-state index is 0.0847. The smallest absolute Gasteiger partial charge is 0.0464 e. The maximum absolute atomic E-state index is 4.03. The highest BCUT2D eigenvalue weighted by Crippen LogP contribution is 2.55. The number of hydrogen-bond acceptors (Lipinski definition) is 0. The molecule has 0 bridgehead atoms. The van der Waals surface area contributed by atoms with Gasteiger partial charge in [0.05, 0.1) is 0 Å². The molecule has 2 fully saturated rings. The monoisotopic (exact) mass is 341 g/mol. The van der Waals surface area contributed by atoms with Gasteiger partial charge in [-0.15, -0.1) is 0 Å². The number of hydrogen-bond donors (Lipinski definition) is 0. The van der Waals surface area contributed by atoms with Gasteiger partial charge in [0.1, 0.15) is 0 Å². The second-order valence-corrected chi connectivity index (χ2v) is 9.99. The van der Waals surface area contributed by atoms with Gasteiger partial charge in [-0.05, 0) is 61.3 Å². The molecule has 2 heteroatoms. The zero-order chi connectivity index (χ0) is 16.8. The molecule has 1 nitrogen and oxygen atoms in total. The molecule has 0 atom stereocenters. The van der Waals surface area contributed by atoms with Crippen molar-refractivity contribution in [2.24, 2.45) is 0 Å². The Kier molecular flexibility index (Phi) is 6.55. The molecule has 0 radical (unpaired) electrons. The van der Waals surface area contributed by atoms with E-state index in [1.165, 1.54) is 69.9 Å². The molecule has 0 aromatic carbocycles. The molecule has 130 valence electrons. The van der Waals surface area contributed by atoms with E-state index in [0.717, 1.165) is 11.3 Å². The second-order valence-electron chi connectivity index (χ2n) is 7.26. The van der Waals surface area contributed by atoms with E-state index in [1.54, 1.807) is 5.44 Å². The van der Waals surface area contributed by atoms with Gasteiger partial charge in [0.15, 0.2) is 0 Å². The van der Waals surface area contributed by atoms with Gasteiger partial charge in [-0.2, -0.15) is 0 Å². The molecule has 0 N–H and O–H groups in total. The van der Waals surface area contributed by atoms with E-state index < -0.39 is 0 Å². The summed E-state index contributed by atoms with van der Waals surface area (Å²) in [7, 11) is -0.0847. The maximum atomic E-state index is 4.03. The van der Waals surface area contributed by atoms with Crippen LogP contribution in [0.2, 0.25) is 0 Å². The van der Waals surface area contributed by atoms with E-state index in [9.17, 15) is 0 Å². The molecular formula is C22H32NP. The molecule has 1 aromatic heterocycles. The summed E-state index contributed by atoms with van der Waals surface area (Å²) in [5, 5.41) is 0. The van der Waals surface area contributed by atoms with Gasteiger partial charge in [0.2, 0.25) is 0 Å². The predicted octanol–water partition coefficient (Wildman–Crippen LogP) is 6.47. The third-order valence-electron chi connectivity index (χ3n) is 5.70. The van der Waals surface area contributed by atoms with Crippen LogP contribution in [-0.4, -0.2) is 15.9 Å². The third kappa shape index (κ3) is 3.94. The van der Waals surface area contributed by atoms with Crippen molar-refractivity contribution in [3.63, 3.8) is 0 Å². The zero-order valence-electron chi connectivity index (χ0n) is 15.0. The molecule has 2 aliphatic rings. The highest BCUT2D eigenvalue weighted by molar-refractivity contribution is 7.66. The van der Waals surface area contributed by atoms with Crippen LogP contribution < -0.4 is 5.44 Å². The molecule has 2 aliphatic carbocycles. The van der Waals surface area contributed by atoms with Crippen molar-refractivity contribution in [1.82, 2.24) is 4.57 Å². The average Bonchev–Trinajstić information content (AvgIpc) is 3.11. The van der Waals surface area contributed by atoms with Crippen LogP contribution in [0.15, 0.2) is 49.7 Å². The first kappa shape index (κ1) is 17.7. The Morgan fingerprint density at radius 2 is 1.54 bits per heavy atom. The Balaban J connectivity index is 1.95. The molecule has 0 saturated heterocycles. The Morgan fingerprint density at radius 1 is 0.958 bits per heavy atom. The SMILES string of the molecule is C=C/C=C(\C=C)n1cccc1P(C1CCCCC1)C1CCCCC1. The van der Waals surface area contributed by atoms with Crippen molar-refractivity contribution in [3.8, 4) is 0 Å². The van der Waals surface area contributed by atoms with E-state index in [4.69, 9.17) is 0 Å². The Bertz CT molecular complexity index is 553. The number of nitrogens with zero attached hydrogens (tertiary/aromatic N) is 1. The summed E-state index contributed by atoms with van der Waals surface area (Å²) in [6.45, 7) is 7.91. The van der Waals surface area contributed by atoms with Crippen LogP contribution in [-0.2, 0) is 0 Å². The molecule has 1 heterocycles. The van der Waals surface area contributed by atoms with Crippen LogP contribution in [0.3, 0.4) is 0 Å². The van der Waals surface area contributed by atoms with Crippen LogP contribution in [0.1, 0.15) is 64.2 Å². The predicted molar refractivity (Wildman–Crippen MR) is 109 cm³/mol. The van der Waals surface area contributed by atoms with E-state index >= 15 is 0 Å². The van der Waals surface area contributed by atoms with Crippen molar-refractivity contribution in [1.29, 1.82) is 0 Å². The van der Waals surface area contributed by atoms with E-state index in [0.29, 0.717) is 0 Å². The minimum Gasteiger partial charge on any atom is -0.317 e. The Labute approximate surface area is 149 Å². The van der Waals surface area contributed by atoms with E-state index in [1.807, 2.05) is 12.2 Å². The molecular weight excluding hydrogens is 309 g/mol. The molecule has 2 saturated carbocycles. The summed E-state index contributed by atoms with van der Waals surface area (Å²) >= 11 is 0. The first-order valence-electron chi connectivity index (χ1n) is 9.76. The Hall–Kier alpha value is -1.07. The minimum atomic E-state index is -0.0847. The standard InChI is InChI=1S/C22H32NP/c1-3-12-19(4-2)23-18-11-17-22(23)24(20-13-7-5-8-14-20)21-15-9-6-10-16-21/h3-4,11-12,17-18,20-21H,1-2,5-10,13-16H2/b19-12+. The summed E-state index contributed by atoms with van der Waals surface area (Å²) in [4.78, 5) is 0. The van der Waals surface area contributed by atoms with Crippen LogP contribution in [0.25, 0.3) is 5.70 Å². The molecule has 0 unspecified atom stereocenters. The molecule has 1 aromatic rings. The van der Waals surface area contributed by atoms with Crippen LogP contribution in [0, 0.1) is 0 Å². The first-order valence-corrected chi connectivity index (χ1v) is 11.2. The van der Waals surface area contributed by atoms with Gasteiger partial charge in [-0.1, -0.05) is 65.7 Å². The van der Waals surface area contributed by atoms with Crippen LogP contribution in [0.4, 0.5) is 0 Å². The molecule has 3 rings (SSSR count). The number of rotatable bonds is 6. The van der Waals surface area contributed by atoms with Gasteiger partial charge < -0.3 is 4.57 Å². The van der Waals surface area contributed by atoms with Crippen molar-refractivity contribution in [2.45, 2.75) is 75.5 Å². The lowest BCUT2D eigenvalue weighted by Crippen LogP contribution is -2.29. The van der Waals surface area contributed by atoms with E-state index in [-0.39, 0.29) is 7.92 Å². The van der Waals surface area contributed by atoms with Crippen LogP contribution >= 0.6 is 7.92 Å². The van der Waals surface area contributed by atoms with Gasteiger partial charge in [-0.3, -0.25) is 0 Å². The Morgan fingerprint density at radius 3 is 2.04 bits per heavy atom. The lowest BCUT2D eigenvalue weighted by molar-refractivity contribution is 0.486. The normalized spacial score (nSPS) is 21.1. The summed E-state index contributed by atoms with van der Waals surface area (Å²) in [6.07, 6.45) is 22.6.